The van der Waals surface area contributed by atoms with Gasteiger partial charge >= 0.3 is 6.18 Å². The maximum Gasteiger partial charge on any atom is 0.399 e. The van der Waals surface area contributed by atoms with E-state index in [1.54, 1.807) is 18.2 Å². The van der Waals surface area contributed by atoms with Crippen molar-refractivity contribution in [3.05, 3.63) is 34.9 Å². The van der Waals surface area contributed by atoms with Gasteiger partial charge in [-0.25, -0.2) is 0 Å². The van der Waals surface area contributed by atoms with E-state index < -0.39 is 17.9 Å². The molecular formula is C14H15F3O. The summed E-state index contributed by atoms with van der Waals surface area (Å²) in [6.07, 6.45) is -2.10. The smallest absolute Gasteiger partial charge is 0.293 e. The number of hydrogen-bond donors (Lipinski definition) is 0. The van der Waals surface area contributed by atoms with Gasteiger partial charge in [0.15, 0.2) is 5.78 Å². The minimum absolute atomic E-state index is 0.197. The number of carbonyl (C=O) groups is 1. The lowest BCUT2D eigenvalue weighted by molar-refractivity contribution is -0.158. The van der Waals surface area contributed by atoms with Crippen LogP contribution in [-0.4, -0.2) is 12.0 Å². The Hall–Kier alpha value is -1.32. The Morgan fingerprint density at radius 3 is 2.67 bits per heavy atom. The van der Waals surface area contributed by atoms with Gasteiger partial charge in [0.05, 0.1) is 0 Å². The van der Waals surface area contributed by atoms with Crippen molar-refractivity contribution in [2.45, 2.75) is 38.8 Å². The van der Waals surface area contributed by atoms with Gasteiger partial charge in [0, 0.05) is 5.56 Å². The van der Waals surface area contributed by atoms with Crippen LogP contribution < -0.4 is 0 Å². The van der Waals surface area contributed by atoms with Gasteiger partial charge in [-0.2, -0.15) is 13.2 Å². The van der Waals surface area contributed by atoms with Crippen LogP contribution in [0.2, 0.25) is 0 Å². The number of rotatable bonds is 3. The van der Waals surface area contributed by atoms with Crippen LogP contribution >= 0.6 is 0 Å². The van der Waals surface area contributed by atoms with E-state index in [1.165, 1.54) is 0 Å². The number of unbranched alkanes of at least 4 members (excludes halogenated alkanes) is 1. The summed E-state index contributed by atoms with van der Waals surface area (Å²) in [5, 5.41) is 0. The van der Waals surface area contributed by atoms with Gasteiger partial charge in [-0.15, -0.1) is 0 Å². The minimum atomic E-state index is -4.43. The van der Waals surface area contributed by atoms with E-state index in [-0.39, 0.29) is 6.42 Å². The third-order valence-electron chi connectivity index (χ3n) is 3.42. The van der Waals surface area contributed by atoms with E-state index in [0.29, 0.717) is 17.5 Å². The normalized spacial score (nSPS) is 19.1. The lowest BCUT2D eigenvalue weighted by Gasteiger charge is -2.12. The Bertz CT molecular complexity index is 463. The van der Waals surface area contributed by atoms with Crippen LogP contribution in [0.25, 0.3) is 0 Å². The molecule has 0 aliphatic heterocycles. The Balaban J connectivity index is 2.34. The summed E-state index contributed by atoms with van der Waals surface area (Å²) in [5.41, 5.74) is 1.65. The highest BCUT2D eigenvalue weighted by Crippen LogP contribution is 2.39. The Kier molecular flexibility index (Phi) is 3.46. The average Bonchev–Trinajstić information content (AvgIpc) is 2.65. The topological polar surface area (TPSA) is 17.1 Å². The summed E-state index contributed by atoms with van der Waals surface area (Å²) in [6.45, 7) is 2.02. The first kappa shape index (κ1) is 13.1. The van der Waals surface area contributed by atoms with Crippen molar-refractivity contribution in [1.29, 1.82) is 0 Å². The maximum atomic E-state index is 12.7. The maximum absolute atomic E-state index is 12.7. The molecule has 1 aliphatic carbocycles. The molecule has 4 heteroatoms. The van der Waals surface area contributed by atoms with E-state index in [1.807, 2.05) is 6.92 Å². The van der Waals surface area contributed by atoms with Crippen molar-refractivity contribution in [2.75, 3.05) is 0 Å². The average molecular weight is 256 g/mol. The monoisotopic (exact) mass is 256 g/mol. The first-order valence-corrected chi connectivity index (χ1v) is 6.16. The second-order valence-corrected chi connectivity index (χ2v) is 4.72. The fourth-order valence-electron chi connectivity index (χ4n) is 2.47. The molecule has 1 nitrogen and oxygen atoms in total. The predicted molar refractivity (Wildman–Crippen MR) is 62.6 cm³/mol. The highest BCUT2D eigenvalue weighted by Gasteiger charge is 2.49. The number of ketones is 1. The molecule has 0 saturated heterocycles. The van der Waals surface area contributed by atoms with Crippen LogP contribution in [-0.2, 0) is 12.8 Å². The molecule has 2 rings (SSSR count). The molecule has 0 aromatic heterocycles. The van der Waals surface area contributed by atoms with Gasteiger partial charge in [0.2, 0.25) is 0 Å². The summed E-state index contributed by atoms with van der Waals surface area (Å²) >= 11 is 0. The molecule has 0 saturated carbocycles. The second-order valence-electron chi connectivity index (χ2n) is 4.72. The Labute approximate surface area is 104 Å². The molecule has 1 aromatic carbocycles. The summed E-state index contributed by atoms with van der Waals surface area (Å²) in [7, 11) is 0. The van der Waals surface area contributed by atoms with Crippen LogP contribution in [0.5, 0.6) is 0 Å². The van der Waals surface area contributed by atoms with Crippen molar-refractivity contribution in [2.24, 2.45) is 5.92 Å². The van der Waals surface area contributed by atoms with Crippen LogP contribution in [0.3, 0.4) is 0 Å². The molecule has 0 amide bonds. The van der Waals surface area contributed by atoms with E-state index in [9.17, 15) is 18.0 Å². The molecule has 18 heavy (non-hydrogen) atoms. The van der Waals surface area contributed by atoms with Crippen LogP contribution in [0.1, 0.15) is 41.3 Å². The van der Waals surface area contributed by atoms with Crippen LogP contribution in [0.15, 0.2) is 18.2 Å². The van der Waals surface area contributed by atoms with E-state index in [2.05, 4.69) is 0 Å². The summed E-state index contributed by atoms with van der Waals surface area (Å²) in [6, 6.07) is 5.15. The molecule has 1 aliphatic rings. The molecule has 0 bridgehead atoms. The summed E-state index contributed by atoms with van der Waals surface area (Å²) in [4.78, 5) is 11.9. The largest absolute Gasteiger partial charge is 0.399 e. The highest BCUT2D eigenvalue weighted by molar-refractivity contribution is 6.04. The molecule has 0 N–H and O–H groups in total. The number of aryl methyl sites for hydroxylation is 1. The van der Waals surface area contributed by atoms with Gasteiger partial charge < -0.3 is 0 Å². The van der Waals surface area contributed by atoms with E-state index in [0.717, 1.165) is 18.4 Å². The van der Waals surface area contributed by atoms with Crippen molar-refractivity contribution in [1.82, 2.24) is 0 Å². The Morgan fingerprint density at radius 2 is 2.06 bits per heavy atom. The molecule has 1 unspecified atom stereocenters. The third kappa shape index (κ3) is 2.28. The van der Waals surface area contributed by atoms with Crippen molar-refractivity contribution < 1.29 is 18.0 Å². The first-order valence-electron chi connectivity index (χ1n) is 6.16. The SMILES string of the molecule is CCCCc1cccc2c1C(=O)C(C(F)(F)F)C2. The number of carbonyl (C=O) groups excluding carboxylic acids is 1. The predicted octanol–water partition coefficient (Wildman–Crippen LogP) is 3.95. The van der Waals surface area contributed by atoms with Crippen molar-refractivity contribution in [3.63, 3.8) is 0 Å². The summed E-state index contributed by atoms with van der Waals surface area (Å²) in [5.74, 6) is -2.58. The fraction of sp³-hybridized carbons (Fsp3) is 0.500. The fourth-order valence-corrected chi connectivity index (χ4v) is 2.47. The number of fused-ring (bicyclic) bond motifs is 1. The number of hydrogen-bond acceptors (Lipinski definition) is 1. The highest BCUT2D eigenvalue weighted by atomic mass is 19.4. The summed E-state index contributed by atoms with van der Waals surface area (Å²) < 4.78 is 38.2. The lowest BCUT2D eigenvalue weighted by Crippen LogP contribution is -2.28. The number of Topliss-reactive ketones (excluding diaryl/α,β-unsaturated/α-hetero) is 1. The second kappa shape index (κ2) is 4.75. The lowest BCUT2D eigenvalue weighted by atomic mass is 9.97. The van der Waals surface area contributed by atoms with Crippen molar-refractivity contribution in [3.8, 4) is 0 Å². The van der Waals surface area contributed by atoms with Gasteiger partial charge in [0.1, 0.15) is 5.92 Å². The zero-order chi connectivity index (χ0) is 13.3. The standard InChI is InChI=1S/C14H15F3O/c1-2-3-5-9-6-4-7-10-8-11(14(15,16)17)13(18)12(9)10/h4,6-7,11H,2-3,5,8H2,1H3. The van der Waals surface area contributed by atoms with Crippen LogP contribution in [0, 0.1) is 5.92 Å². The number of alkyl halides is 3. The van der Waals surface area contributed by atoms with E-state index in [4.69, 9.17) is 0 Å². The zero-order valence-corrected chi connectivity index (χ0v) is 10.2. The molecule has 1 aromatic rings. The van der Waals surface area contributed by atoms with Crippen molar-refractivity contribution >= 4 is 5.78 Å². The minimum Gasteiger partial charge on any atom is -0.293 e. The Morgan fingerprint density at radius 1 is 1.33 bits per heavy atom. The molecular weight excluding hydrogens is 241 g/mol. The molecule has 0 heterocycles. The van der Waals surface area contributed by atoms with Gasteiger partial charge in [-0.1, -0.05) is 31.5 Å². The third-order valence-corrected chi connectivity index (χ3v) is 3.42. The molecule has 0 spiro atoms. The van der Waals surface area contributed by atoms with Gasteiger partial charge in [0.25, 0.3) is 0 Å². The number of benzene rings is 1. The quantitative estimate of drug-likeness (QED) is 0.800. The van der Waals surface area contributed by atoms with Gasteiger partial charge in [-0.05, 0) is 30.4 Å². The zero-order valence-electron chi connectivity index (χ0n) is 10.2. The van der Waals surface area contributed by atoms with Crippen LogP contribution in [0.4, 0.5) is 13.2 Å². The molecule has 0 fully saturated rings. The first-order chi connectivity index (χ1) is 8.45. The molecule has 98 valence electrons. The van der Waals surface area contributed by atoms with E-state index >= 15 is 0 Å². The number of halogens is 3. The molecule has 0 radical (unpaired) electrons. The van der Waals surface area contributed by atoms with Gasteiger partial charge in [-0.3, -0.25) is 4.79 Å². The molecule has 1 atom stereocenters.